The van der Waals surface area contributed by atoms with E-state index in [1.54, 1.807) is 0 Å². The molecule has 0 aliphatic carbocycles. The molecule has 0 bridgehead atoms. The van der Waals surface area contributed by atoms with Gasteiger partial charge in [0.05, 0.1) is 31.3 Å². The van der Waals surface area contributed by atoms with Gasteiger partial charge in [-0.3, -0.25) is 0 Å². The highest BCUT2D eigenvalue weighted by atomic mass is 32.3. The predicted octanol–water partition coefficient (Wildman–Crippen LogP) is 7.01. The predicted molar refractivity (Wildman–Crippen MR) is 139 cm³/mol. The van der Waals surface area contributed by atoms with Crippen molar-refractivity contribution < 1.29 is 48.3 Å². The van der Waals surface area contributed by atoms with Crippen LogP contribution in [0.2, 0.25) is 0 Å². The largest absolute Gasteiger partial charge is 0.512 e. The van der Waals surface area contributed by atoms with Gasteiger partial charge in [-0.2, -0.15) is 26.3 Å². The molecule has 6 nitrogen and oxygen atoms in total. The first-order chi connectivity index (χ1) is 16.9. The Morgan fingerprint density at radius 1 is 0.568 bits per heavy atom. The second kappa shape index (κ2) is 19.0. The topological polar surface area (TPSA) is 101 Å². The van der Waals surface area contributed by atoms with Gasteiger partial charge in [-0.05, 0) is 38.5 Å². The molecule has 0 saturated carbocycles. The molecule has 0 saturated heterocycles. The smallest absolute Gasteiger partial charge is 0.393 e. The molecule has 0 heterocycles. The van der Waals surface area contributed by atoms with E-state index in [2.05, 4.69) is 20.8 Å². The number of alkyl halides is 6. The molecule has 0 unspecified atom stereocenters. The second-order valence-electron chi connectivity index (χ2n) is 9.12. The lowest BCUT2D eigenvalue weighted by atomic mass is 10.2. The number of halogens is 6. The van der Waals surface area contributed by atoms with Crippen molar-refractivity contribution in [1.29, 1.82) is 0 Å². The molecule has 2 N–H and O–H groups in total. The van der Waals surface area contributed by atoms with Crippen LogP contribution in [0.25, 0.3) is 0 Å². The van der Waals surface area contributed by atoms with Crippen molar-refractivity contribution in [2.45, 2.75) is 109 Å². The first-order valence-electron chi connectivity index (χ1n) is 12.8. The minimum atomic E-state index is -6.60. The summed E-state index contributed by atoms with van der Waals surface area (Å²) in [6.45, 7) is 7.33. The van der Waals surface area contributed by atoms with E-state index in [1.807, 2.05) is 0 Å². The maximum Gasteiger partial charge on any atom is 0.512 e. The number of aliphatic hydroxyl groups is 1. The van der Waals surface area contributed by atoms with Gasteiger partial charge in [-0.1, -0.05) is 63.4 Å². The van der Waals surface area contributed by atoms with Gasteiger partial charge in [0.25, 0.3) is 0 Å². The fourth-order valence-corrected chi connectivity index (χ4v) is 10.1. The summed E-state index contributed by atoms with van der Waals surface area (Å²) in [5.74, 6) is 0. The lowest BCUT2D eigenvalue weighted by Gasteiger charge is -2.27. The lowest BCUT2D eigenvalue weighted by molar-refractivity contribution is -0.0476. The molecule has 226 valence electrons. The quantitative estimate of drug-likeness (QED) is 0.0929. The summed E-state index contributed by atoms with van der Waals surface area (Å²) < 4.78 is 108. The number of hydrogen-bond donors (Lipinski definition) is 2. The van der Waals surface area contributed by atoms with E-state index in [-0.39, 0.29) is 0 Å². The molecule has 0 aromatic carbocycles. The van der Waals surface area contributed by atoms with Crippen LogP contribution in [-0.2, 0) is 20.0 Å². The van der Waals surface area contributed by atoms with Crippen LogP contribution in [-0.4, -0.2) is 64.2 Å². The van der Waals surface area contributed by atoms with Gasteiger partial charge in [-0.25, -0.2) is 16.8 Å². The van der Waals surface area contributed by atoms with E-state index >= 15 is 0 Å². The summed E-state index contributed by atoms with van der Waals surface area (Å²) >= 11 is 0. The van der Waals surface area contributed by atoms with Crippen LogP contribution < -0.4 is 4.13 Å². The van der Waals surface area contributed by atoms with Crippen LogP contribution in [0.5, 0.6) is 0 Å². The SMILES string of the molecule is CCCCCC[P+](CCO)(CCCCCC)CCCCCC.O=S(=O)(NS(=O)(=O)C(F)(F)F)C(F)(F)F. The van der Waals surface area contributed by atoms with E-state index in [9.17, 15) is 48.3 Å². The van der Waals surface area contributed by atoms with Gasteiger partial charge < -0.3 is 5.11 Å². The molecule has 0 amide bonds. The van der Waals surface area contributed by atoms with E-state index in [1.165, 1.54) is 95.5 Å². The minimum Gasteiger partial charge on any atom is -0.393 e. The number of unbranched alkanes of at least 4 members (excludes halogenated alkanes) is 9. The lowest BCUT2D eigenvalue weighted by Crippen LogP contribution is -2.45. The van der Waals surface area contributed by atoms with Gasteiger partial charge in [-0.15, -0.1) is 0 Å². The molecule has 0 atom stereocenters. The molecule has 15 heteroatoms. The Balaban J connectivity index is 0. The van der Waals surface area contributed by atoms with Crippen molar-refractivity contribution in [2.24, 2.45) is 0 Å². The fraction of sp³-hybridized carbons (Fsp3) is 1.00. The molecular weight excluding hydrogens is 567 g/mol. The van der Waals surface area contributed by atoms with Gasteiger partial charge >= 0.3 is 31.1 Å². The summed E-state index contributed by atoms with van der Waals surface area (Å²) in [6.07, 6.45) is 22.2. The summed E-state index contributed by atoms with van der Waals surface area (Å²) in [5, 5.41) is 9.64. The highest BCUT2D eigenvalue weighted by molar-refractivity contribution is 8.05. The Morgan fingerprint density at radius 3 is 1.08 bits per heavy atom. The Kier molecular flexibility index (Phi) is 20.0. The zero-order chi connectivity index (χ0) is 29.2. The van der Waals surface area contributed by atoms with E-state index in [0.717, 1.165) is 6.16 Å². The Hall–Kier alpha value is -0.170. The average Bonchev–Trinajstić information content (AvgIpc) is 2.76. The summed E-state index contributed by atoms with van der Waals surface area (Å²) in [5.41, 5.74) is -12.3. The number of aliphatic hydroxyl groups excluding tert-OH is 1. The van der Waals surface area contributed by atoms with Crippen molar-refractivity contribution in [2.75, 3.05) is 31.3 Å². The summed E-state index contributed by atoms with van der Waals surface area (Å²) in [4.78, 5) is 0. The zero-order valence-corrected chi connectivity index (χ0v) is 24.7. The van der Waals surface area contributed by atoms with Crippen molar-refractivity contribution in [3.63, 3.8) is 0 Å². The van der Waals surface area contributed by atoms with E-state index < -0.39 is 42.5 Å². The molecule has 0 fully saturated rings. The van der Waals surface area contributed by atoms with Crippen LogP contribution >= 0.6 is 7.26 Å². The van der Waals surface area contributed by atoms with E-state index in [0.29, 0.717) is 6.61 Å². The number of sulfonamides is 2. The number of nitrogens with one attached hydrogen (secondary N) is 1. The Labute approximate surface area is 219 Å². The van der Waals surface area contributed by atoms with Gasteiger partial charge in [0.1, 0.15) is 0 Å². The molecule has 0 spiro atoms. The molecule has 37 heavy (non-hydrogen) atoms. The summed E-state index contributed by atoms with van der Waals surface area (Å²) in [7, 11) is -14.1. The second-order valence-corrected chi connectivity index (χ2v) is 17.2. The normalized spacial score (nSPS) is 13.4. The molecular formula is C22H45F6NO5PS2+. The highest BCUT2D eigenvalue weighted by Crippen LogP contribution is 2.60. The van der Waals surface area contributed by atoms with Gasteiger partial charge in [0.2, 0.25) is 0 Å². The molecule has 0 aromatic rings. The molecule has 0 aromatic heterocycles. The maximum atomic E-state index is 11.5. The molecule has 0 radical (unpaired) electrons. The first-order valence-corrected chi connectivity index (χ1v) is 18.3. The Bertz CT molecular complexity index is 717. The van der Waals surface area contributed by atoms with Crippen molar-refractivity contribution in [3.05, 3.63) is 0 Å². The molecule has 0 aliphatic rings. The van der Waals surface area contributed by atoms with Crippen molar-refractivity contribution in [3.8, 4) is 0 Å². The van der Waals surface area contributed by atoms with Crippen LogP contribution in [0.1, 0.15) is 97.8 Å². The van der Waals surface area contributed by atoms with Gasteiger partial charge in [0.15, 0.2) is 0 Å². The third-order valence-electron chi connectivity index (χ3n) is 5.86. The highest BCUT2D eigenvalue weighted by Gasteiger charge is 2.55. The standard InChI is InChI=1S/C20H44OP.C2HF6NO4S2/c1-4-7-10-13-17-22(20-16-21,18-14-11-8-5-2)19-15-12-9-6-3;3-1(4,5)14(10,11)9-15(12,13)2(6,7)8/h21H,4-20H2,1-3H3;9H/q+1;. The van der Waals surface area contributed by atoms with E-state index in [4.69, 9.17) is 0 Å². The summed E-state index contributed by atoms with van der Waals surface area (Å²) in [6, 6.07) is 0. The fourth-order valence-electron chi connectivity index (χ4n) is 3.74. The first kappa shape index (κ1) is 39.0. The maximum absolute atomic E-state index is 11.5. The molecule has 0 aliphatic heterocycles. The molecule has 0 rings (SSSR count). The Morgan fingerprint density at radius 2 is 0.865 bits per heavy atom. The third kappa shape index (κ3) is 17.2. The van der Waals surface area contributed by atoms with Gasteiger partial charge in [0, 0.05) is 7.26 Å². The minimum absolute atomic E-state index is 0.434. The third-order valence-corrected chi connectivity index (χ3v) is 13.8. The number of rotatable bonds is 19. The van der Waals surface area contributed by atoms with Crippen LogP contribution in [0, 0.1) is 0 Å². The van der Waals surface area contributed by atoms with Crippen LogP contribution in [0.15, 0.2) is 0 Å². The van der Waals surface area contributed by atoms with Crippen molar-refractivity contribution >= 4 is 27.3 Å². The van der Waals surface area contributed by atoms with Crippen molar-refractivity contribution in [1.82, 2.24) is 4.13 Å². The number of hydrogen-bond acceptors (Lipinski definition) is 5. The zero-order valence-electron chi connectivity index (χ0n) is 22.1. The van der Waals surface area contributed by atoms with Crippen LogP contribution in [0.3, 0.4) is 0 Å². The monoisotopic (exact) mass is 612 g/mol. The average molecular weight is 613 g/mol. The van der Waals surface area contributed by atoms with Crippen LogP contribution in [0.4, 0.5) is 26.3 Å².